The van der Waals surface area contributed by atoms with Gasteiger partial charge in [-0.2, -0.15) is 0 Å². The van der Waals surface area contributed by atoms with E-state index in [9.17, 15) is 9.59 Å². The second-order valence-corrected chi connectivity index (χ2v) is 5.87. The molecule has 6 heteroatoms. The smallest absolute Gasteiger partial charge is 0.251 e. The lowest BCUT2D eigenvalue weighted by Gasteiger charge is -2.06. The standard InChI is InChI=1S/C14H13BrN2O2S/c15-11-6-7-20-12(11)8-16-13(18)9-17-14(19)10-4-2-1-3-5-10/h1-7H,8-9H2,(H,16,18)(H,17,19). The highest BCUT2D eigenvalue weighted by Crippen LogP contribution is 2.21. The van der Waals surface area contributed by atoms with Gasteiger partial charge in [0.05, 0.1) is 13.1 Å². The zero-order valence-electron chi connectivity index (χ0n) is 10.6. The van der Waals surface area contributed by atoms with Crippen molar-refractivity contribution in [1.82, 2.24) is 10.6 Å². The molecule has 2 amide bonds. The average molecular weight is 353 g/mol. The van der Waals surface area contributed by atoms with Crippen molar-refractivity contribution in [2.75, 3.05) is 6.54 Å². The normalized spacial score (nSPS) is 10.1. The van der Waals surface area contributed by atoms with Crippen molar-refractivity contribution in [3.05, 3.63) is 56.7 Å². The number of amides is 2. The largest absolute Gasteiger partial charge is 0.350 e. The molecular weight excluding hydrogens is 340 g/mol. The molecule has 0 aliphatic carbocycles. The summed E-state index contributed by atoms with van der Waals surface area (Å²) in [5.74, 6) is -0.465. The molecular formula is C14H13BrN2O2S. The maximum absolute atomic E-state index is 11.7. The Morgan fingerprint density at radius 2 is 1.85 bits per heavy atom. The fourth-order valence-electron chi connectivity index (χ4n) is 1.54. The van der Waals surface area contributed by atoms with Crippen molar-refractivity contribution in [3.8, 4) is 0 Å². The maximum Gasteiger partial charge on any atom is 0.251 e. The van der Waals surface area contributed by atoms with Crippen LogP contribution in [0.2, 0.25) is 0 Å². The number of hydrogen-bond donors (Lipinski definition) is 2. The molecule has 0 bridgehead atoms. The first-order valence-electron chi connectivity index (χ1n) is 5.98. The van der Waals surface area contributed by atoms with Gasteiger partial charge < -0.3 is 10.6 Å². The van der Waals surface area contributed by atoms with Crippen LogP contribution in [0, 0.1) is 0 Å². The second-order valence-electron chi connectivity index (χ2n) is 4.02. The van der Waals surface area contributed by atoms with Crippen LogP contribution in [-0.2, 0) is 11.3 Å². The van der Waals surface area contributed by atoms with Crippen molar-refractivity contribution in [3.63, 3.8) is 0 Å². The summed E-state index contributed by atoms with van der Waals surface area (Å²) in [6.45, 7) is 0.426. The van der Waals surface area contributed by atoms with Crippen LogP contribution < -0.4 is 10.6 Å². The number of nitrogens with one attached hydrogen (secondary N) is 2. The molecule has 1 heterocycles. The topological polar surface area (TPSA) is 58.2 Å². The molecule has 0 radical (unpaired) electrons. The predicted octanol–water partition coefficient (Wildman–Crippen LogP) is 2.56. The molecule has 20 heavy (non-hydrogen) atoms. The SMILES string of the molecule is O=C(CNC(=O)c1ccccc1)NCc1sccc1Br. The van der Waals surface area contributed by atoms with Gasteiger partial charge in [0.15, 0.2) is 0 Å². The van der Waals surface area contributed by atoms with E-state index in [1.165, 1.54) is 0 Å². The third kappa shape index (κ3) is 4.18. The molecule has 0 spiro atoms. The van der Waals surface area contributed by atoms with Gasteiger partial charge in [-0.25, -0.2) is 0 Å². The minimum Gasteiger partial charge on any atom is -0.350 e. The van der Waals surface area contributed by atoms with E-state index in [-0.39, 0.29) is 18.4 Å². The number of thiophene rings is 1. The first-order chi connectivity index (χ1) is 9.66. The van der Waals surface area contributed by atoms with Gasteiger partial charge in [0.2, 0.25) is 5.91 Å². The average Bonchev–Trinajstić information content (AvgIpc) is 2.89. The van der Waals surface area contributed by atoms with E-state index in [4.69, 9.17) is 0 Å². The number of halogens is 1. The highest BCUT2D eigenvalue weighted by atomic mass is 79.9. The molecule has 1 aromatic carbocycles. The van der Waals surface area contributed by atoms with Crippen LogP contribution in [0.15, 0.2) is 46.3 Å². The monoisotopic (exact) mass is 352 g/mol. The van der Waals surface area contributed by atoms with E-state index < -0.39 is 0 Å². The molecule has 2 rings (SSSR count). The van der Waals surface area contributed by atoms with Crippen LogP contribution in [0.4, 0.5) is 0 Å². The fourth-order valence-corrected chi connectivity index (χ4v) is 2.98. The lowest BCUT2D eigenvalue weighted by Crippen LogP contribution is -2.36. The minimum atomic E-state index is -0.252. The van der Waals surface area contributed by atoms with Crippen LogP contribution in [0.1, 0.15) is 15.2 Å². The molecule has 0 unspecified atom stereocenters. The molecule has 4 nitrogen and oxygen atoms in total. The summed E-state index contributed by atoms with van der Waals surface area (Å²) >= 11 is 4.96. The van der Waals surface area contributed by atoms with Gasteiger partial charge in [0.1, 0.15) is 0 Å². The van der Waals surface area contributed by atoms with Gasteiger partial charge in [0.25, 0.3) is 5.91 Å². The number of rotatable bonds is 5. The molecule has 104 valence electrons. The molecule has 1 aromatic heterocycles. The van der Waals surface area contributed by atoms with Crippen molar-refractivity contribution in [1.29, 1.82) is 0 Å². The molecule has 0 saturated carbocycles. The molecule has 0 saturated heterocycles. The third-order valence-electron chi connectivity index (χ3n) is 2.58. The van der Waals surface area contributed by atoms with Gasteiger partial charge in [0, 0.05) is 14.9 Å². The van der Waals surface area contributed by atoms with E-state index in [0.717, 1.165) is 9.35 Å². The Labute approximate surface area is 129 Å². The summed E-state index contributed by atoms with van der Waals surface area (Å²) in [7, 11) is 0. The quantitative estimate of drug-likeness (QED) is 0.868. The van der Waals surface area contributed by atoms with Crippen LogP contribution in [0.3, 0.4) is 0 Å². The number of benzene rings is 1. The Morgan fingerprint density at radius 1 is 1.10 bits per heavy atom. The molecule has 2 N–H and O–H groups in total. The first-order valence-corrected chi connectivity index (χ1v) is 7.66. The Bertz CT molecular complexity index is 598. The summed E-state index contributed by atoms with van der Waals surface area (Å²) in [4.78, 5) is 24.4. The lowest BCUT2D eigenvalue weighted by atomic mass is 10.2. The Balaban J connectivity index is 1.75. The molecule has 0 atom stereocenters. The highest BCUT2D eigenvalue weighted by molar-refractivity contribution is 9.10. The summed E-state index contributed by atoms with van der Waals surface area (Å²) in [6, 6.07) is 10.7. The van der Waals surface area contributed by atoms with Gasteiger partial charge in [-0.15, -0.1) is 11.3 Å². The van der Waals surface area contributed by atoms with Crippen LogP contribution in [0.5, 0.6) is 0 Å². The zero-order chi connectivity index (χ0) is 14.4. The summed E-state index contributed by atoms with van der Waals surface area (Å²) < 4.78 is 0.983. The summed E-state index contributed by atoms with van der Waals surface area (Å²) in [5.41, 5.74) is 0.543. The first kappa shape index (κ1) is 14.7. The zero-order valence-corrected chi connectivity index (χ0v) is 13.0. The van der Waals surface area contributed by atoms with Crippen molar-refractivity contribution < 1.29 is 9.59 Å². The fraction of sp³-hybridized carbons (Fsp3) is 0.143. The number of carbonyl (C=O) groups excluding carboxylic acids is 2. The third-order valence-corrected chi connectivity index (χ3v) is 4.51. The van der Waals surface area contributed by atoms with Crippen LogP contribution >= 0.6 is 27.3 Å². The van der Waals surface area contributed by atoms with E-state index in [2.05, 4.69) is 26.6 Å². The van der Waals surface area contributed by atoms with Crippen molar-refractivity contribution >= 4 is 39.1 Å². The molecule has 2 aromatic rings. The van der Waals surface area contributed by atoms with E-state index >= 15 is 0 Å². The predicted molar refractivity (Wildman–Crippen MR) is 82.6 cm³/mol. The van der Waals surface area contributed by atoms with Crippen molar-refractivity contribution in [2.45, 2.75) is 6.54 Å². The molecule has 0 fully saturated rings. The minimum absolute atomic E-state index is 0.0310. The molecule has 0 aliphatic heterocycles. The highest BCUT2D eigenvalue weighted by Gasteiger charge is 2.08. The Hall–Kier alpha value is -1.66. The Kier molecular flexibility index (Phi) is 5.31. The van der Waals surface area contributed by atoms with Gasteiger partial charge in [-0.05, 0) is 39.5 Å². The number of hydrogen-bond acceptors (Lipinski definition) is 3. The van der Waals surface area contributed by atoms with E-state index in [1.54, 1.807) is 35.6 Å². The van der Waals surface area contributed by atoms with Crippen LogP contribution in [0.25, 0.3) is 0 Å². The Morgan fingerprint density at radius 3 is 2.50 bits per heavy atom. The van der Waals surface area contributed by atoms with Crippen molar-refractivity contribution in [2.24, 2.45) is 0 Å². The van der Waals surface area contributed by atoms with E-state index in [1.807, 2.05) is 17.5 Å². The second kappa shape index (κ2) is 7.21. The number of carbonyl (C=O) groups is 2. The molecule has 0 aliphatic rings. The lowest BCUT2D eigenvalue weighted by molar-refractivity contribution is -0.120. The van der Waals surface area contributed by atoms with Gasteiger partial charge >= 0.3 is 0 Å². The summed E-state index contributed by atoms with van der Waals surface area (Å²) in [6.07, 6.45) is 0. The van der Waals surface area contributed by atoms with Crippen LogP contribution in [-0.4, -0.2) is 18.4 Å². The van der Waals surface area contributed by atoms with Gasteiger partial charge in [-0.1, -0.05) is 18.2 Å². The summed E-state index contributed by atoms with van der Waals surface area (Å²) in [5, 5.41) is 7.29. The maximum atomic E-state index is 11.7. The van der Waals surface area contributed by atoms with E-state index in [0.29, 0.717) is 12.1 Å². The van der Waals surface area contributed by atoms with Gasteiger partial charge in [-0.3, -0.25) is 9.59 Å².